The van der Waals surface area contributed by atoms with Gasteiger partial charge in [-0.15, -0.1) is 0 Å². The minimum atomic E-state index is -0.512. The van der Waals surface area contributed by atoms with Crippen LogP contribution in [0.4, 0.5) is 0 Å². The molecule has 0 aliphatic carbocycles. The first-order valence-electron chi connectivity index (χ1n) is 18.6. The van der Waals surface area contributed by atoms with Crippen molar-refractivity contribution in [2.45, 2.75) is 5.41 Å². The van der Waals surface area contributed by atoms with Crippen LogP contribution < -0.4 is 0 Å². The largest absolute Gasteiger partial charge is 0.309 e. The molecule has 0 saturated heterocycles. The predicted octanol–water partition coefficient (Wildman–Crippen LogP) is 13.0. The summed E-state index contributed by atoms with van der Waals surface area (Å²) >= 11 is 0. The van der Waals surface area contributed by atoms with E-state index in [0.717, 1.165) is 22.2 Å². The van der Waals surface area contributed by atoms with Crippen molar-refractivity contribution in [3.05, 3.63) is 229 Å². The molecule has 0 spiro atoms. The maximum Gasteiger partial charge on any atom is 0.0742 e. The second-order valence-electron chi connectivity index (χ2n) is 14.3. The average Bonchev–Trinajstić information content (AvgIpc) is 3.60. The van der Waals surface area contributed by atoms with Crippen LogP contribution in [-0.4, -0.2) is 9.55 Å². The maximum atomic E-state index is 5.10. The molecule has 1 unspecified atom stereocenters. The summed E-state index contributed by atoms with van der Waals surface area (Å²) in [6.07, 6.45) is 0. The Balaban J connectivity index is 1.05. The summed E-state index contributed by atoms with van der Waals surface area (Å²) in [6, 6.07) is 75.1. The van der Waals surface area contributed by atoms with Crippen LogP contribution in [0.5, 0.6) is 0 Å². The first-order valence-corrected chi connectivity index (χ1v) is 18.6. The Morgan fingerprint density at radius 3 is 1.76 bits per heavy atom. The Labute approximate surface area is 314 Å². The summed E-state index contributed by atoms with van der Waals surface area (Å²) in [7, 11) is 0. The highest BCUT2D eigenvalue weighted by atomic mass is 15.0. The number of fused-ring (bicyclic) bond motifs is 6. The van der Waals surface area contributed by atoms with Gasteiger partial charge in [0.15, 0.2) is 0 Å². The Hall–Kier alpha value is -7.03. The molecule has 1 aliphatic rings. The minimum Gasteiger partial charge on any atom is -0.309 e. The summed E-state index contributed by atoms with van der Waals surface area (Å²) in [5.74, 6) is 0. The van der Waals surface area contributed by atoms with E-state index in [1.807, 2.05) is 0 Å². The van der Waals surface area contributed by atoms with Crippen molar-refractivity contribution >= 4 is 32.7 Å². The molecule has 3 heterocycles. The quantitative estimate of drug-likeness (QED) is 0.176. The second-order valence-corrected chi connectivity index (χ2v) is 14.3. The summed E-state index contributed by atoms with van der Waals surface area (Å²) in [5.41, 5.74) is 16.2. The van der Waals surface area contributed by atoms with Gasteiger partial charge in [0.25, 0.3) is 0 Å². The van der Waals surface area contributed by atoms with Gasteiger partial charge in [0.05, 0.1) is 33.3 Å². The standard InChI is InChI=1S/C52H34N2/c1-3-14-37(15-4-1)44-34-48(53-47-23-10-7-18-41(44)47)38-28-26-35(27-29-38)36-30-32-40(33-31-36)52(39-16-5-2-6-17-39)45-21-9-12-25-50(45)54-49-24-11-8-19-42(49)43-20-13-22-46(52)51(43)54/h1-34H. The van der Waals surface area contributed by atoms with E-state index in [4.69, 9.17) is 4.98 Å². The highest BCUT2D eigenvalue weighted by molar-refractivity contribution is 6.12. The van der Waals surface area contributed by atoms with E-state index >= 15 is 0 Å². The number of benzene rings is 8. The topological polar surface area (TPSA) is 17.8 Å². The van der Waals surface area contributed by atoms with Gasteiger partial charge in [0, 0.05) is 21.7 Å². The molecule has 54 heavy (non-hydrogen) atoms. The molecule has 2 aromatic heterocycles. The second kappa shape index (κ2) is 12.0. The van der Waals surface area contributed by atoms with Crippen LogP contribution >= 0.6 is 0 Å². The molecule has 2 nitrogen and oxygen atoms in total. The van der Waals surface area contributed by atoms with Crippen molar-refractivity contribution in [3.63, 3.8) is 0 Å². The van der Waals surface area contributed by atoms with Crippen molar-refractivity contribution in [3.8, 4) is 39.2 Å². The van der Waals surface area contributed by atoms with Gasteiger partial charge in [-0.25, -0.2) is 4.98 Å². The minimum absolute atomic E-state index is 0.512. The molecule has 8 aromatic carbocycles. The summed E-state index contributed by atoms with van der Waals surface area (Å²) < 4.78 is 2.49. The Bertz CT molecular complexity index is 3010. The molecular formula is C52H34N2. The van der Waals surface area contributed by atoms with Crippen LogP contribution in [0.25, 0.3) is 71.9 Å². The van der Waals surface area contributed by atoms with Crippen molar-refractivity contribution in [1.82, 2.24) is 9.55 Å². The summed E-state index contributed by atoms with van der Waals surface area (Å²) in [5, 5.41) is 3.73. The maximum absolute atomic E-state index is 5.10. The van der Waals surface area contributed by atoms with Crippen LogP contribution in [-0.2, 0) is 5.41 Å². The number of nitrogens with zero attached hydrogens (tertiary/aromatic N) is 2. The normalized spacial score (nSPS) is 14.7. The van der Waals surface area contributed by atoms with E-state index in [1.54, 1.807) is 0 Å². The van der Waals surface area contributed by atoms with Crippen molar-refractivity contribution in [2.75, 3.05) is 0 Å². The Kier molecular flexibility index (Phi) is 6.80. The van der Waals surface area contributed by atoms with Gasteiger partial charge in [-0.2, -0.15) is 0 Å². The predicted molar refractivity (Wildman–Crippen MR) is 224 cm³/mol. The fourth-order valence-electron chi connectivity index (χ4n) is 9.11. The third-order valence-electron chi connectivity index (χ3n) is 11.5. The van der Waals surface area contributed by atoms with Crippen molar-refractivity contribution in [1.29, 1.82) is 0 Å². The fraction of sp³-hybridized carbons (Fsp3) is 0.0192. The molecule has 0 N–H and O–H groups in total. The number of hydrogen-bond acceptors (Lipinski definition) is 1. The van der Waals surface area contributed by atoms with Crippen molar-refractivity contribution < 1.29 is 0 Å². The van der Waals surface area contributed by atoms with E-state index < -0.39 is 5.41 Å². The molecule has 0 saturated carbocycles. The molecule has 252 valence electrons. The van der Waals surface area contributed by atoms with Gasteiger partial charge in [-0.3, -0.25) is 0 Å². The molecule has 10 aromatic rings. The lowest BCUT2D eigenvalue weighted by Gasteiger charge is -2.41. The highest BCUT2D eigenvalue weighted by Gasteiger charge is 2.45. The number of rotatable bonds is 5. The summed E-state index contributed by atoms with van der Waals surface area (Å²) in [4.78, 5) is 5.10. The molecule has 2 heteroatoms. The lowest BCUT2D eigenvalue weighted by molar-refractivity contribution is 0.728. The van der Waals surface area contributed by atoms with Crippen LogP contribution in [0.1, 0.15) is 22.3 Å². The zero-order valence-electron chi connectivity index (χ0n) is 29.5. The number of aromatic nitrogens is 2. The zero-order chi connectivity index (χ0) is 35.6. The van der Waals surface area contributed by atoms with Gasteiger partial charge in [-0.1, -0.05) is 182 Å². The molecule has 0 radical (unpaired) electrons. The highest BCUT2D eigenvalue weighted by Crippen LogP contribution is 2.54. The van der Waals surface area contributed by atoms with Crippen molar-refractivity contribution in [2.24, 2.45) is 0 Å². The number of pyridine rings is 1. The van der Waals surface area contributed by atoms with Crippen LogP contribution in [0.3, 0.4) is 0 Å². The third kappa shape index (κ3) is 4.44. The van der Waals surface area contributed by atoms with Gasteiger partial charge >= 0.3 is 0 Å². The summed E-state index contributed by atoms with van der Waals surface area (Å²) in [6.45, 7) is 0. The van der Waals surface area contributed by atoms with E-state index in [0.29, 0.717) is 0 Å². The van der Waals surface area contributed by atoms with Crippen LogP contribution in [0, 0.1) is 0 Å². The van der Waals surface area contributed by atoms with E-state index in [9.17, 15) is 0 Å². The third-order valence-corrected chi connectivity index (χ3v) is 11.5. The van der Waals surface area contributed by atoms with E-state index in [2.05, 4.69) is 211 Å². The van der Waals surface area contributed by atoms with E-state index in [1.165, 1.54) is 72.0 Å². The smallest absolute Gasteiger partial charge is 0.0742 e. The molecule has 11 rings (SSSR count). The molecule has 1 atom stereocenters. The number of hydrogen-bond donors (Lipinski definition) is 0. The fourth-order valence-corrected chi connectivity index (χ4v) is 9.11. The Morgan fingerprint density at radius 2 is 0.963 bits per heavy atom. The molecule has 0 amide bonds. The van der Waals surface area contributed by atoms with Gasteiger partial charge in [0.1, 0.15) is 0 Å². The number of para-hydroxylation sites is 4. The monoisotopic (exact) mass is 686 g/mol. The average molecular weight is 687 g/mol. The lowest BCUT2D eigenvalue weighted by Crippen LogP contribution is -2.35. The molecule has 0 bridgehead atoms. The van der Waals surface area contributed by atoms with Gasteiger partial charge < -0.3 is 4.57 Å². The van der Waals surface area contributed by atoms with Crippen LogP contribution in [0.15, 0.2) is 206 Å². The first kappa shape index (κ1) is 30.6. The van der Waals surface area contributed by atoms with Crippen LogP contribution in [0.2, 0.25) is 0 Å². The Morgan fingerprint density at radius 1 is 0.389 bits per heavy atom. The first-order chi connectivity index (χ1) is 26.8. The van der Waals surface area contributed by atoms with Gasteiger partial charge in [-0.05, 0) is 68.8 Å². The molecule has 0 fully saturated rings. The lowest BCUT2D eigenvalue weighted by atomic mass is 9.63. The van der Waals surface area contributed by atoms with E-state index in [-0.39, 0.29) is 0 Å². The SMILES string of the molecule is c1ccc(-c2cc(-c3ccc(-c4ccc(C5(c6ccccc6)c6ccccc6-n6c7ccccc7c7cccc5c76)cc4)cc3)nc3ccccc23)cc1. The zero-order valence-corrected chi connectivity index (χ0v) is 29.5. The van der Waals surface area contributed by atoms with Gasteiger partial charge in [0.2, 0.25) is 0 Å². The molecular weight excluding hydrogens is 653 g/mol. The molecule has 1 aliphatic heterocycles.